The molecule has 1 atom stereocenters. The summed E-state index contributed by atoms with van der Waals surface area (Å²) in [6.07, 6.45) is 3.57. The molecule has 1 aromatic heterocycles. The van der Waals surface area contributed by atoms with Crippen LogP contribution >= 0.6 is 11.3 Å². The van der Waals surface area contributed by atoms with E-state index in [-0.39, 0.29) is 11.4 Å². The zero-order chi connectivity index (χ0) is 11.9. The highest BCUT2D eigenvalue weighted by Crippen LogP contribution is 2.35. The van der Waals surface area contributed by atoms with Gasteiger partial charge in [0, 0.05) is 6.07 Å². The van der Waals surface area contributed by atoms with Crippen LogP contribution in [0.5, 0.6) is 0 Å². The molecule has 1 unspecified atom stereocenters. The Morgan fingerprint density at radius 2 is 2.29 bits per heavy atom. The number of benzene rings is 1. The van der Waals surface area contributed by atoms with Crippen LogP contribution < -0.4 is 5.32 Å². The Morgan fingerprint density at radius 1 is 1.41 bits per heavy atom. The topological polar surface area (TPSA) is 24.9 Å². The predicted molar refractivity (Wildman–Crippen MR) is 68.8 cm³/mol. The van der Waals surface area contributed by atoms with Crippen molar-refractivity contribution in [1.82, 2.24) is 10.3 Å². The fourth-order valence-electron chi connectivity index (χ4n) is 2.38. The molecule has 0 saturated carbocycles. The molecule has 0 amide bonds. The summed E-state index contributed by atoms with van der Waals surface area (Å²) in [4.78, 5) is 4.58. The summed E-state index contributed by atoms with van der Waals surface area (Å²) >= 11 is 1.67. The Bertz CT molecular complexity index is 543. The van der Waals surface area contributed by atoms with Gasteiger partial charge >= 0.3 is 0 Å². The van der Waals surface area contributed by atoms with Crippen molar-refractivity contribution < 1.29 is 4.39 Å². The van der Waals surface area contributed by atoms with Crippen LogP contribution in [0.25, 0.3) is 10.2 Å². The van der Waals surface area contributed by atoms with Crippen LogP contribution in [0, 0.1) is 5.82 Å². The number of thiazole rings is 1. The molecule has 3 rings (SSSR count). The number of rotatable bonds is 1. The van der Waals surface area contributed by atoms with E-state index in [9.17, 15) is 4.39 Å². The van der Waals surface area contributed by atoms with E-state index in [1.165, 1.54) is 25.0 Å². The maximum atomic E-state index is 13.1. The van der Waals surface area contributed by atoms with E-state index in [1.807, 2.05) is 6.07 Å². The van der Waals surface area contributed by atoms with Gasteiger partial charge in [0.15, 0.2) is 0 Å². The summed E-state index contributed by atoms with van der Waals surface area (Å²) < 4.78 is 14.2. The van der Waals surface area contributed by atoms with Crippen LogP contribution in [0.15, 0.2) is 18.2 Å². The highest BCUT2D eigenvalue weighted by molar-refractivity contribution is 7.18. The fourth-order valence-corrected chi connectivity index (χ4v) is 3.47. The molecule has 2 aromatic rings. The molecule has 1 aromatic carbocycles. The zero-order valence-electron chi connectivity index (χ0n) is 9.79. The number of hydrogen-bond donors (Lipinski definition) is 1. The molecule has 4 heteroatoms. The fraction of sp³-hybridized carbons (Fsp3) is 0.462. The van der Waals surface area contributed by atoms with Crippen LogP contribution in [0.3, 0.4) is 0 Å². The molecule has 0 bridgehead atoms. The van der Waals surface area contributed by atoms with Crippen molar-refractivity contribution in [2.24, 2.45) is 0 Å². The molecule has 90 valence electrons. The van der Waals surface area contributed by atoms with Crippen molar-refractivity contribution in [2.75, 3.05) is 6.54 Å². The second-order valence-corrected chi connectivity index (χ2v) is 5.88. The minimum Gasteiger partial charge on any atom is -0.306 e. The van der Waals surface area contributed by atoms with Gasteiger partial charge in [-0.25, -0.2) is 9.37 Å². The monoisotopic (exact) mass is 250 g/mol. The summed E-state index contributed by atoms with van der Waals surface area (Å²) in [5.74, 6) is -0.212. The first-order valence-electron chi connectivity index (χ1n) is 5.99. The van der Waals surface area contributed by atoms with Gasteiger partial charge in [0.05, 0.1) is 15.8 Å². The molecule has 0 spiro atoms. The first kappa shape index (κ1) is 11.1. The summed E-state index contributed by atoms with van der Waals surface area (Å²) in [5.41, 5.74) is 0.747. The van der Waals surface area contributed by atoms with Gasteiger partial charge in [-0.3, -0.25) is 0 Å². The number of aromatic nitrogens is 1. The lowest BCUT2D eigenvalue weighted by atomic mass is 9.92. The van der Waals surface area contributed by atoms with E-state index in [2.05, 4.69) is 17.2 Å². The molecule has 0 aliphatic carbocycles. The molecular weight excluding hydrogens is 235 g/mol. The van der Waals surface area contributed by atoms with Crippen LogP contribution in [0.4, 0.5) is 4.39 Å². The van der Waals surface area contributed by atoms with Gasteiger partial charge in [-0.2, -0.15) is 0 Å². The normalized spacial score (nSPS) is 25.3. The quantitative estimate of drug-likeness (QED) is 0.838. The molecule has 17 heavy (non-hydrogen) atoms. The van der Waals surface area contributed by atoms with E-state index < -0.39 is 0 Å². The molecule has 1 aliphatic rings. The Labute approximate surface area is 104 Å². The van der Waals surface area contributed by atoms with Gasteiger partial charge in [-0.1, -0.05) is 0 Å². The molecule has 1 saturated heterocycles. The van der Waals surface area contributed by atoms with Gasteiger partial charge in [-0.05, 0) is 44.9 Å². The predicted octanol–water partition coefficient (Wildman–Crippen LogP) is 3.42. The van der Waals surface area contributed by atoms with Crippen molar-refractivity contribution >= 4 is 21.6 Å². The van der Waals surface area contributed by atoms with Crippen molar-refractivity contribution in [2.45, 2.75) is 31.7 Å². The van der Waals surface area contributed by atoms with Gasteiger partial charge in [0.25, 0.3) is 0 Å². The number of hydrogen-bond acceptors (Lipinski definition) is 3. The summed E-state index contributed by atoms with van der Waals surface area (Å²) in [6.45, 7) is 3.24. The Balaban J connectivity index is 2.05. The van der Waals surface area contributed by atoms with E-state index in [1.54, 1.807) is 11.3 Å². The Hall–Kier alpha value is -1.00. The smallest absolute Gasteiger partial charge is 0.125 e. The number of fused-ring (bicyclic) bond motifs is 1. The van der Waals surface area contributed by atoms with Crippen LogP contribution in [0.2, 0.25) is 0 Å². The van der Waals surface area contributed by atoms with Crippen LogP contribution in [0.1, 0.15) is 31.2 Å². The van der Waals surface area contributed by atoms with Crippen LogP contribution in [-0.4, -0.2) is 11.5 Å². The molecular formula is C13H15FN2S. The van der Waals surface area contributed by atoms with E-state index in [0.29, 0.717) is 0 Å². The highest BCUT2D eigenvalue weighted by Gasteiger charge is 2.31. The van der Waals surface area contributed by atoms with Crippen molar-refractivity contribution in [3.05, 3.63) is 29.0 Å². The third-order valence-electron chi connectivity index (χ3n) is 3.44. The minimum absolute atomic E-state index is 0.0294. The molecule has 1 N–H and O–H groups in total. The molecule has 2 heterocycles. The first-order chi connectivity index (χ1) is 8.17. The van der Waals surface area contributed by atoms with Gasteiger partial charge in [0.1, 0.15) is 10.8 Å². The summed E-state index contributed by atoms with van der Waals surface area (Å²) in [6, 6.07) is 4.83. The van der Waals surface area contributed by atoms with E-state index in [4.69, 9.17) is 0 Å². The van der Waals surface area contributed by atoms with Gasteiger partial charge in [-0.15, -0.1) is 11.3 Å². The molecule has 1 fully saturated rings. The van der Waals surface area contributed by atoms with Crippen LogP contribution in [-0.2, 0) is 5.54 Å². The molecule has 1 aliphatic heterocycles. The van der Waals surface area contributed by atoms with Gasteiger partial charge < -0.3 is 5.32 Å². The minimum atomic E-state index is -0.212. The Kier molecular flexibility index (Phi) is 2.64. The third-order valence-corrected chi connectivity index (χ3v) is 4.74. The lowest BCUT2D eigenvalue weighted by Gasteiger charge is -2.32. The largest absolute Gasteiger partial charge is 0.306 e. The van der Waals surface area contributed by atoms with Gasteiger partial charge in [0.2, 0.25) is 0 Å². The van der Waals surface area contributed by atoms with Crippen molar-refractivity contribution in [1.29, 1.82) is 0 Å². The maximum absolute atomic E-state index is 13.1. The van der Waals surface area contributed by atoms with Crippen molar-refractivity contribution in [3.8, 4) is 0 Å². The number of nitrogens with zero attached hydrogens (tertiary/aromatic N) is 1. The lowest BCUT2D eigenvalue weighted by molar-refractivity contribution is 0.283. The number of halogens is 1. The van der Waals surface area contributed by atoms with Crippen molar-refractivity contribution in [3.63, 3.8) is 0 Å². The third kappa shape index (κ3) is 1.96. The summed E-state index contributed by atoms with van der Waals surface area (Å²) in [5, 5.41) is 4.62. The second-order valence-electron chi connectivity index (χ2n) is 4.85. The number of nitrogens with one attached hydrogen (secondary N) is 1. The zero-order valence-corrected chi connectivity index (χ0v) is 10.6. The first-order valence-corrected chi connectivity index (χ1v) is 6.81. The standard InChI is InChI=1S/C13H15FN2S/c1-13(6-2-3-7-15-13)12-16-10-8-9(14)4-5-11(10)17-12/h4-5,8,15H,2-3,6-7H2,1H3. The average molecular weight is 250 g/mol. The second kappa shape index (κ2) is 4.03. The highest BCUT2D eigenvalue weighted by atomic mass is 32.1. The van der Waals surface area contributed by atoms with E-state index in [0.717, 1.165) is 28.2 Å². The molecule has 0 radical (unpaired) electrons. The summed E-state index contributed by atoms with van der Waals surface area (Å²) in [7, 11) is 0. The average Bonchev–Trinajstić information content (AvgIpc) is 2.73. The lowest BCUT2D eigenvalue weighted by Crippen LogP contribution is -2.43. The molecule has 2 nitrogen and oxygen atoms in total. The maximum Gasteiger partial charge on any atom is 0.125 e. The Morgan fingerprint density at radius 3 is 3.06 bits per heavy atom. The van der Waals surface area contributed by atoms with E-state index >= 15 is 0 Å². The number of piperidine rings is 1. The SMILES string of the molecule is CC1(c2nc3cc(F)ccc3s2)CCCCN1.